The standard InChI is InChI=1S/C25H28ClNO4/c1-4-5-6-14-27-22(17-10-12-19(26)13-11-17)21(24(29)25(27)30)23(28)18-8-7-9-20(15-18)31-16(2)3/h7-13,15-16,22,28H,4-6,14H2,1-3H3/b23-21-. The van der Waals surface area contributed by atoms with Crippen molar-refractivity contribution in [1.82, 2.24) is 4.90 Å². The minimum absolute atomic E-state index is 0.0318. The number of aliphatic hydroxyl groups is 1. The first-order chi connectivity index (χ1) is 14.8. The van der Waals surface area contributed by atoms with Crippen molar-refractivity contribution in [3.63, 3.8) is 0 Å². The molecule has 0 bridgehead atoms. The summed E-state index contributed by atoms with van der Waals surface area (Å²) < 4.78 is 5.72. The summed E-state index contributed by atoms with van der Waals surface area (Å²) in [4.78, 5) is 27.5. The number of rotatable bonds is 8. The molecule has 164 valence electrons. The van der Waals surface area contributed by atoms with E-state index >= 15 is 0 Å². The van der Waals surface area contributed by atoms with E-state index in [-0.39, 0.29) is 17.4 Å². The number of halogens is 1. The van der Waals surface area contributed by atoms with Gasteiger partial charge in [0, 0.05) is 17.1 Å². The van der Waals surface area contributed by atoms with Crippen LogP contribution in [0.4, 0.5) is 0 Å². The summed E-state index contributed by atoms with van der Waals surface area (Å²) in [6.45, 7) is 6.35. The van der Waals surface area contributed by atoms with Gasteiger partial charge in [0.25, 0.3) is 11.7 Å². The van der Waals surface area contributed by atoms with E-state index in [2.05, 4.69) is 6.92 Å². The van der Waals surface area contributed by atoms with Gasteiger partial charge in [0.1, 0.15) is 11.5 Å². The minimum atomic E-state index is -0.677. The number of hydrogen-bond donors (Lipinski definition) is 1. The van der Waals surface area contributed by atoms with Gasteiger partial charge in [-0.05, 0) is 50.1 Å². The zero-order valence-corrected chi connectivity index (χ0v) is 18.9. The van der Waals surface area contributed by atoms with Gasteiger partial charge in [0.05, 0.1) is 17.7 Å². The van der Waals surface area contributed by atoms with Crippen LogP contribution in [-0.4, -0.2) is 34.3 Å². The zero-order valence-electron chi connectivity index (χ0n) is 18.1. The van der Waals surface area contributed by atoms with Crippen LogP contribution in [0.1, 0.15) is 57.2 Å². The molecular weight excluding hydrogens is 414 g/mol. The molecular formula is C25H28ClNO4. The third-order valence-electron chi connectivity index (χ3n) is 5.21. The summed E-state index contributed by atoms with van der Waals surface area (Å²) in [5.74, 6) is -0.888. The van der Waals surface area contributed by atoms with Crippen LogP contribution in [0.25, 0.3) is 5.76 Å². The average Bonchev–Trinajstić information content (AvgIpc) is 2.99. The Labute approximate surface area is 188 Å². The van der Waals surface area contributed by atoms with E-state index in [0.29, 0.717) is 22.9 Å². The molecule has 0 saturated carbocycles. The Morgan fingerprint density at radius 3 is 2.48 bits per heavy atom. The summed E-state index contributed by atoms with van der Waals surface area (Å²) in [5, 5.41) is 11.7. The van der Waals surface area contributed by atoms with Crippen LogP contribution in [0.3, 0.4) is 0 Å². The zero-order chi connectivity index (χ0) is 22.5. The van der Waals surface area contributed by atoms with Crippen molar-refractivity contribution in [2.75, 3.05) is 6.54 Å². The van der Waals surface area contributed by atoms with E-state index in [1.54, 1.807) is 53.4 Å². The lowest BCUT2D eigenvalue weighted by Gasteiger charge is -2.25. The molecule has 31 heavy (non-hydrogen) atoms. The minimum Gasteiger partial charge on any atom is -0.507 e. The van der Waals surface area contributed by atoms with Crippen molar-refractivity contribution in [1.29, 1.82) is 0 Å². The molecule has 0 spiro atoms. The van der Waals surface area contributed by atoms with Gasteiger partial charge >= 0.3 is 0 Å². The van der Waals surface area contributed by atoms with E-state index in [1.807, 2.05) is 13.8 Å². The number of aliphatic hydroxyl groups excluding tert-OH is 1. The van der Waals surface area contributed by atoms with Gasteiger partial charge in [-0.1, -0.05) is 55.6 Å². The molecule has 0 aliphatic carbocycles. The van der Waals surface area contributed by atoms with Gasteiger partial charge < -0.3 is 14.7 Å². The Morgan fingerprint density at radius 2 is 1.84 bits per heavy atom. The number of Topliss-reactive ketones (excluding diaryl/α,β-unsaturated/α-hetero) is 1. The number of carbonyl (C=O) groups excluding carboxylic acids is 2. The summed E-state index contributed by atoms with van der Waals surface area (Å²) in [6.07, 6.45) is 2.70. The second-order valence-electron chi connectivity index (χ2n) is 7.95. The third kappa shape index (κ3) is 5.10. The first-order valence-electron chi connectivity index (χ1n) is 10.6. The molecule has 3 rings (SSSR count). The van der Waals surface area contributed by atoms with Gasteiger partial charge in [-0.15, -0.1) is 0 Å². The number of amides is 1. The second-order valence-corrected chi connectivity index (χ2v) is 8.38. The molecule has 1 aliphatic rings. The maximum atomic E-state index is 13.0. The molecule has 1 N–H and O–H groups in total. The fourth-order valence-corrected chi connectivity index (χ4v) is 3.90. The molecule has 1 amide bonds. The van der Waals surface area contributed by atoms with Crippen molar-refractivity contribution in [2.24, 2.45) is 0 Å². The van der Waals surface area contributed by atoms with Crippen LogP contribution in [0.15, 0.2) is 54.1 Å². The monoisotopic (exact) mass is 441 g/mol. The lowest BCUT2D eigenvalue weighted by Crippen LogP contribution is -2.30. The SMILES string of the molecule is CCCCCN1C(=O)C(=O)/C(=C(\O)c2cccc(OC(C)C)c2)C1c1ccc(Cl)cc1. The van der Waals surface area contributed by atoms with Crippen molar-refractivity contribution < 1.29 is 19.4 Å². The van der Waals surface area contributed by atoms with Gasteiger partial charge in [-0.3, -0.25) is 9.59 Å². The molecule has 0 radical (unpaired) electrons. The highest BCUT2D eigenvalue weighted by atomic mass is 35.5. The normalized spacial score (nSPS) is 18.1. The number of nitrogens with zero attached hydrogens (tertiary/aromatic N) is 1. The predicted molar refractivity (Wildman–Crippen MR) is 122 cm³/mol. The molecule has 1 heterocycles. The van der Waals surface area contributed by atoms with Crippen LogP contribution in [0.5, 0.6) is 5.75 Å². The number of carbonyl (C=O) groups is 2. The quantitative estimate of drug-likeness (QED) is 0.245. The van der Waals surface area contributed by atoms with E-state index in [1.165, 1.54) is 0 Å². The average molecular weight is 442 g/mol. The van der Waals surface area contributed by atoms with E-state index < -0.39 is 17.7 Å². The van der Waals surface area contributed by atoms with Crippen molar-refractivity contribution in [3.05, 3.63) is 70.3 Å². The maximum absolute atomic E-state index is 13.0. The molecule has 1 saturated heterocycles. The number of ketones is 1. The Bertz CT molecular complexity index is 981. The maximum Gasteiger partial charge on any atom is 0.295 e. The summed E-state index contributed by atoms with van der Waals surface area (Å²) >= 11 is 6.05. The van der Waals surface area contributed by atoms with Crippen LogP contribution >= 0.6 is 11.6 Å². The van der Waals surface area contributed by atoms with Gasteiger partial charge in [0.15, 0.2) is 0 Å². The molecule has 1 unspecified atom stereocenters. The smallest absolute Gasteiger partial charge is 0.295 e. The predicted octanol–water partition coefficient (Wildman–Crippen LogP) is 5.74. The van der Waals surface area contributed by atoms with Gasteiger partial charge in [-0.25, -0.2) is 0 Å². The summed E-state index contributed by atoms with van der Waals surface area (Å²) in [6, 6.07) is 13.3. The highest BCUT2D eigenvalue weighted by Crippen LogP contribution is 2.40. The van der Waals surface area contributed by atoms with Gasteiger partial charge in [-0.2, -0.15) is 0 Å². The molecule has 6 heteroatoms. The third-order valence-corrected chi connectivity index (χ3v) is 5.46. The van der Waals surface area contributed by atoms with Crippen molar-refractivity contribution >= 4 is 29.1 Å². The topological polar surface area (TPSA) is 66.8 Å². The lowest BCUT2D eigenvalue weighted by atomic mass is 9.95. The Balaban J connectivity index is 2.09. The highest BCUT2D eigenvalue weighted by Gasteiger charge is 2.45. The van der Waals surface area contributed by atoms with E-state index in [4.69, 9.17) is 16.3 Å². The molecule has 0 aromatic heterocycles. The number of benzene rings is 2. The number of ether oxygens (including phenoxy) is 1. The summed E-state index contributed by atoms with van der Waals surface area (Å²) in [7, 11) is 0. The second kappa shape index (κ2) is 10.0. The lowest BCUT2D eigenvalue weighted by molar-refractivity contribution is -0.139. The Hall–Kier alpha value is -2.79. The Morgan fingerprint density at radius 1 is 1.13 bits per heavy atom. The molecule has 1 atom stereocenters. The number of likely N-dealkylation sites (tertiary alicyclic amines) is 1. The van der Waals surface area contributed by atoms with E-state index in [0.717, 1.165) is 24.8 Å². The van der Waals surface area contributed by atoms with Crippen LogP contribution < -0.4 is 4.74 Å². The molecule has 2 aromatic rings. The number of unbranched alkanes of at least 4 members (excludes halogenated alkanes) is 2. The molecule has 1 aliphatic heterocycles. The molecule has 2 aromatic carbocycles. The fraction of sp³-hybridized carbons (Fsp3) is 0.360. The Kier molecular flexibility index (Phi) is 7.39. The van der Waals surface area contributed by atoms with Crippen LogP contribution in [-0.2, 0) is 9.59 Å². The van der Waals surface area contributed by atoms with Crippen molar-refractivity contribution in [3.8, 4) is 5.75 Å². The fourth-order valence-electron chi connectivity index (χ4n) is 3.78. The first kappa shape index (κ1) is 22.9. The highest BCUT2D eigenvalue weighted by molar-refractivity contribution is 6.46. The number of hydrogen-bond acceptors (Lipinski definition) is 4. The van der Waals surface area contributed by atoms with Crippen LogP contribution in [0.2, 0.25) is 5.02 Å². The molecule has 5 nitrogen and oxygen atoms in total. The van der Waals surface area contributed by atoms with E-state index in [9.17, 15) is 14.7 Å². The summed E-state index contributed by atoms with van der Waals surface area (Å²) in [5.41, 5.74) is 1.26. The van der Waals surface area contributed by atoms with Crippen molar-refractivity contribution in [2.45, 2.75) is 52.2 Å². The molecule has 1 fully saturated rings. The van der Waals surface area contributed by atoms with Gasteiger partial charge in [0.2, 0.25) is 0 Å². The van der Waals surface area contributed by atoms with Crippen LogP contribution in [0, 0.1) is 0 Å². The first-order valence-corrected chi connectivity index (χ1v) is 11.0. The largest absolute Gasteiger partial charge is 0.507 e.